The SMILES string of the molecule is Nc1ncnc(Oc2cccc(NC(=O)/C=C/CN3CCN(C(=O)CCCCC4SCC5NC(O)NC54)CC3)c2)c1-c1ccc(Oc2ccccc2)cc1. The van der Waals surface area contributed by atoms with E-state index in [4.69, 9.17) is 15.2 Å². The Bertz CT molecular complexity index is 1910. The number of hydrogen-bond acceptors (Lipinski definition) is 12. The van der Waals surface area contributed by atoms with Crippen molar-refractivity contribution in [3.05, 3.63) is 97.3 Å². The molecule has 3 saturated heterocycles. The number of para-hydroxylation sites is 1. The summed E-state index contributed by atoms with van der Waals surface area (Å²) in [6.45, 7) is 3.53. The summed E-state index contributed by atoms with van der Waals surface area (Å²) in [4.78, 5) is 38.4. The highest BCUT2D eigenvalue weighted by Gasteiger charge is 2.42. The molecule has 1 aromatic heterocycles. The van der Waals surface area contributed by atoms with Crippen molar-refractivity contribution in [1.82, 2.24) is 30.4 Å². The standard InChI is InChI=1S/C40H46N8O5S/c41-38-36(27-15-17-30(18-16-27)52-29-9-2-1-3-10-29)39(43-26-42-38)53-31-11-6-8-28(24-31)44-34(49)13-7-19-47-20-22-48(23-21-47)35(50)14-5-4-12-33-37-32(25-54-33)45-40(51)46-37/h1-3,6-11,13,15-18,24,26,32-33,37,40,45-46,51H,4-5,12,14,19-23,25H2,(H,44,49)(H2,41,42,43)/b13-7+. The number of nitrogens with two attached hydrogens (primary N) is 1. The van der Waals surface area contributed by atoms with Crippen LogP contribution in [0, 0.1) is 0 Å². The van der Waals surface area contributed by atoms with Crippen LogP contribution in [0.4, 0.5) is 11.5 Å². The fraction of sp³-hybridized carbons (Fsp3) is 0.350. The van der Waals surface area contributed by atoms with Gasteiger partial charge >= 0.3 is 0 Å². The second-order valence-corrected chi connectivity index (χ2v) is 14.8. The number of hydrogen-bond donors (Lipinski definition) is 5. The molecule has 13 nitrogen and oxygen atoms in total. The van der Waals surface area contributed by atoms with Gasteiger partial charge < -0.3 is 30.5 Å². The molecule has 0 aliphatic carbocycles. The first kappa shape index (κ1) is 37.3. The molecular formula is C40H46N8O5S. The number of rotatable bonds is 14. The van der Waals surface area contributed by atoms with E-state index >= 15 is 0 Å². The number of nitrogens with zero attached hydrogens (tertiary/aromatic N) is 4. The number of piperazine rings is 1. The summed E-state index contributed by atoms with van der Waals surface area (Å²) >= 11 is 1.95. The Hall–Kier alpha value is -4.99. The van der Waals surface area contributed by atoms with E-state index in [2.05, 4.69) is 30.8 Å². The highest BCUT2D eigenvalue weighted by molar-refractivity contribution is 8.00. The minimum absolute atomic E-state index is 0.214. The highest BCUT2D eigenvalue weighted by Crippen LogP contribution is 2.37. The normalized spacial score (nSPS) is 21.2. The van der Waals surface area contributed by atoms with Gasteiger partial charge in [-0.1, -0.05) is 48.9 Å². The number of aromatic nitrogens is 2. The largest absolute Gasteiger partial charge is 0.457 e. The van der Waals surface area contributed by atoms with Gasteiger partial charge in [0, 0.05) is 80.1 Å². The van der Waals surface area contributed by atoms with E-state index in [-0.39, 0.29) is 23.5 Å². The molecule has 0 spiro atoms. The first-order valence-electron chi connectivity index (χ1n) is 18.4. The average molecular weight is 751 g/mol. The van der Waals surface area contributed by atoms with Gasteiger partial charge in [0.05, 0.1) is 5.56 Å². The lowest BCUT2D eigenvalue weighted by molar-refractivity contribution is -0.133. The van der Waals surface area contributed by atoms with Crippen molar-refractivity contribution in [3.8, 4) is 34.3 Å². The average Bonchev–Trinajstić information content (AvgIpc) is 3.73. The molecule has 7 rings (SSSR count). The predicted molar refractivity (Wildman–Crippen MR) is 210 cm³/mol. The van der Waals surface area contributed by atoms with Gasteiger partial charge in [0.2, 0.25) is 17.7 Å². The molecule has 14 heteroatoms. The molecule has 0 radical (unpaired) electrons. The first-order chi connectivity index (χ1) is 26.4. The zero-order valence-corrected chi connectivity index (χ0v) is 30.8. The zero-order chi connectivity index (χ0) is 37.3. The Balaban J connectivity index is 0.838. The van der Waals surface area contributed by atoms with Crippen molar-refractivity contribution >= 4 is 35.1 Å². The number of nitrogens with one attached hydrogen (secondary N) is 3. The fourth-order valence-electron chi connectivity index (χ4n) is 7.01. The van der Waals surface area contributed by atoms with E-state index < -0.39 is 6.35 Å². The fourth-order valence-corrected chi connectivity index (χ4v) is 8.58. The smallest absolute Gasteiger partial charge is 0.248 e. The first-order valence-corrected chi connectivity index (χ1v) is 19.4. The number of aliphatic hydroxyl groups excluding tert-OH is 1. The van der Waals surface area contributed by atoms with Crippen LogP contribution in [0.5, 0.6) is 23.1 Å². The summed E-state index contributed by atoms with van der Waals surface area (Å²) < 4.78 is 12.1. The topological polar surface area (TPSA) is 167 Å². The molecule has 4 aromatic rings. The van der Waals surface area contributed by atoms with Crippen molar-refractivity contribution in [3.63, 3.8) is 0 Å². The van der Waals surface area contributed by atoms with Gasteiger partial charge in [-0.3, -0.25) is 25.1 Å². The van der Waals surface area contributed by atoms with Crippen LogP contribution in [0.3, 0.4) is 0 Å². The summed E-state index contributed by atoms with van der Waals surface area (Å²) in [6.07, 6.45) is 7.63. The van der Waals surface area contributed by atoms with Crippen LogP contribution < -0.4 is 31.2 Å². The molecule has 0 saturated carbocycles. The van der Waals surface area contributed by atoms with Gasteiger partial charge in [0.1, 0.15) is 29.4 Å². The third-order valence-electron chi connectivity index (χ3n) is 9.81. The number of thioether (sulfide) groups is 1. The second-order valence-electron chi connectivity index (χ2n) is 13.6. The third kappa shape index (κ3) is 9.75. The maximum absolute atomic E-state index is 12.8. The Morgan fingerprint density at radius 2 is 1.70 bits per heavy atom. The molecule has 0 bridgehead atoms. The molecule has 2 amide bonds. The molecule has 4 unspecified atom stereocenters. The summed E-state index contributed by atoms with van der Waals surface area (Å²) in [5.41, 5.74) is 8.15. The van der Waals surface area contributed by atoms with Gasteiger partial charge in [0.15, 0.2) is 6.35 Å². The van der Waals surface area contributed by atoms with Crippen molar-refractivity contribution in [2.75, 3.05) is 49.5 Å². The van der Waals surface area contributed by atoms with Crippen LogP contribution in [0.1, 0.15) is 25.7 Å². The maximum atomic E-state index is 12.8. The number of ether oxygens (including phenoxy) is 2. The van der Waals surface area contributed by atoms with Crippen LogP contribution in [-0.2, 0) is 9.59 Å². The molecule has 6 N–H and O–H groups in total. The number of fused-ring (bicyclic) bond motifs is 1. The number of amides is 2. The van der Waals surface area contributed by atoms with Crippen LogP contribution in [0.25, 0.3) is 11.1 Å². The van der Waals surface area contributed by atoms with Gasteiger partial charge in [-0.25, -0.2) is 9.97 Å². The Morgan fingerprint density at radius 3 is 2.52 bits per heavy atom. The number of carbonyl (C=O) groups excluding carboxylic acids is 2. The lowest BCUT2D eigenvalue weighted by Crippen LogP contribution is -2.48. The lowest BCUT2D eigenvalue weighted by Gasteiger charge is -2.34. The number of benzene rings is 3. The third-order valence-corrected chi connectivity index (χ3v) is 11.3. The van der Waals surface area contributed by atoms with Gasteiger partial charge in [-0.2, -0.15) is 11.8 Å². The number of anilines is 2. The van der Waals surface area contributed by atoms with Crippen LogP contribution in [0.2, 0.25) is 0 Å². The van der Waals surface area contributed by atoms with E-state index in [1.54, 1.807) is 24.3 Å². The monoisotopic (exact) mass is 750 g/mol. The summed E-state index contributed by atoms with van der Waals surface area (Å²) in [6, 6.07) is 24.7. The molecule has 3 aliphatic rings. The number of unbranched alkanes of at least 4 members (excludes halogenated alkanes) is 1. The van der Waals surface area contributed by atoms with Gasteiger partial charge in [-0.15, -0.1) is 0 Å². The van der Waals surface area contributed by atoms with Crippen LogP contribution in [0.15, 0.2) is 97.3 Å². The number of aliphatic hydroxyl groups is 1. The summed E-state index contributed by atoms with van der Waals surface area (Å²) in [5.74, 6) is 3.40. The molecular weight excluding hydrogens is 705 g/mol. The van der Waals surface area contributed by atoms with Crippen LogP contribution in [-0.4, -0.2) is 98.9 Å². The van der Waals surface area contributed by atoms with Gasteiger partial charge in [0.25, 0.3) is 0 Å². The van der Waals surface area contributed by atoms with Crippen LogP contribution >= 0.6 is 11.8 Å². The van der Waals surface area contributed by atoms with Gasteiger partial charge in [-0.05, 0) is 54.8 Å². The van der Waals surface area contributed by atoms with Crippen molar-refractivity contribution in [2.24, 2.45) is 0 Å². The predicted octanol–water partition coefficient (Wildman–Crippen LogP) is 4.83. The van der Waals surface area contributed by atoms with E-state index in [1.165, 1.54) is 12.4 Å². The summed E-state index contributed by atoms with van der Waals surface area (Å²) in [5, 5.41) is 19.6. The van der Waals surface area contributed by atoms with E-state index in [1.807, 2.05) is 77.3 Å². The maximum Gasteiger partial charge on any atom is 0.248 e. The molecule has 3 aliphatic heterocycles. The summed E-state index contributed by atoms with van der Waals surface area (Å²) in [7, 11) is 0. The lowest BCUT2D eigenvalue weighted by atomic mass is 10.0. The second kappa shape index (κ2) is 17.9. The highest BCUT2D eigenvalue weighted by atomic mass is 32.2. The van der Waals surface area contributed by atoms with Crippen molar-refractivity contribution in [1.29, 1.82) is 0 Å². The zero-order valence-electron chi connectivity index (χ0n) is 30.0. The minimum atomic E-state index is -0.605. The molecule has 4 heterocycles. The Labute approximate surface area is 319 Å². The molecule has 3 fully saturated rings. The quantitative estimate of drug-likeness (QED) is 0.0882. The molecule has 3 aromatic carbocycles. The molecule has 282 valence electrons. The van der Waals surface area contributed by atoms with E-state index in [9.17, 15) is 14.7 Å². The molecule has 54 heavy (non-hydrogen) atoms. The minimum Gasteiger partial charge on any atom is -0.457 e. The van der Waals surface area contributed by atoms with E-state index in [0.29, 0.717) is 66.1 Å². The Morgan fingerprint density at radius 1 is 0.926 bits per heavy atom. The number of carbonyl (C=O) groups is 2. The van der Waals surface area contributed by atoms with Crippen molar-refractivity contribution < 1.29 is 24.2 Å². The molecule has 4 atom stereocenters. The van der Waals surface area contributed by atoms with Crippen molar-refractivity contribution in [2.45, 2.75) is 49.4 Å². The number of nitrogen functional groups attached to an aromatic ring is 1. The van der Waals surface area contributed by atoms with E-state index in [0.717, 1.165) is 49.4 Å². The Kier molecular flexibility index (Phi) is 12.4.